The number of nitrogens with one attached hydrogen (secondary N) is 2. The topological polar surface area (TPSA) is 68.0 Å². The zero-order chi connectivity index (χ0) is 18.3. The summed E-state index contributed by atoms with van der Waals surface area (Å²) in [7, 11) is 0. The third kappa shape index (κ3) is 11.9. The van der Waals surface area contributed by atoms with Gasteiger partial charge in [0.15, 0.2) is 5.96 Å². The highest BCUT2D eigenvalue weighted by atomic mass is 127. The standard InChI is InChI=1S/C19H33N3O3S.HI/c1-26-15-10-22-19(21-9-5-18-4-2-12-25-18)20-8-3-11-24-16-17-6-13-23-14-7-17;/h2,4,12,17H,3,5-11,13-16H2,1H3,(H2,20,21,22);1H. The molecular formula is C19H34IN3O3S. The fourth-order valence-electron chi connectivity index (χ4n) is 2.73. The summed E-state index contributed by atoms with van der Waals surface area (Å²) in [6, 6.07) is 3.91. The number of ether oxygens (including phenoxy) is 2. The van der Waals surface area contributed by atoms with Crippen molar-refractivity contribution in [2.75, 3.05) is 58.1 Å². The van der Waals surface area contributed by atoms with E-state index in [1.54, 1.807) is 6.26 Å². The monoisotopic (exact) mass is 511 g/mol. The number of furan rings is 1. The Labute approximate surface area is 184 Å². The minimum Gasteiger partial charge on any atom is -0.469 e. The Balaban J connectivity index is 0.00000364. The Morgan fingerprint density at radius 1 is 1.30 bits per heavy atom. The van der Waals surface area contributed by atoms with Crippen LogP contribution in [0.1, 0.15) is 25.0 Å². The zero-order valence-corrected chi connectivity index (χ0v) is 19.4. The van der Waals surface area contributed by atoms with Gasteiger partial charge in [0.1, 0.15) is 5.76 Å². The number of thioether (sulfide) groups is 1. The van der Waals surface area contributed by atoms with E-state index in [1.807, 2.05) is 23.9 Å². The molecule has 6 nitrogen and oxygen atoms in total. The largest absolute Gasteiger partial charge is 0.469 e. The van der Waals surface area contributed by atoms with Gasteiger partial charge in [0, 0.05) is 58.2 Å². The van der Waals surface area contributed by atoms with Gasteiger partial charge in [0.05, 0.1) is 6.26 Å². The van der Waals surface area contributed by atoms with Crippen LogP contribution in [-0.4, -0.2) is 64.0 Å². The van der Waals surface area contributed by atoms with Crippen molar-refractivity contribution in [3.05, 3.63) is 24.2 Å². The highest BCUT2D eigenvalue weighted by Crippen LogP contribution is 2.14. The molecule has 156 valence electrons. The van der Waals surface area contributed by atoms with E-state index in [-0.39, 0.29) is 24.0 Å². The highest BCUT2D eigenvalue weighted by molar-refractivity contribution is 14.0. The van der Waals surface area contributed by atoms with Crippen molar-refractivity contribution in [2.45, 2.75) is 25.7 Å². The molecule has 0 amide bonds. The molecule has 0 saturated carbocycles. The number of halogens is 1. The molecule has 1 fully saturated rings. The van der Waals surface area contributed by atoms with Gasteiger partial charge >= 0.3 is 0 Å². The summed E-state index contributed by atoms with van der Waals surface area (Å²) >= 11 is 1.82. The third-order valence-corrected chi connectivity index (χ3v) is 4.87. The maximum absolute atomic E-state index is 5.80. The number of hydrogen-bond donors (Lipinski definition) is 2. The van der Waals surface area contributed by atoms with E-state index in [4.69, 9.17) is 13.9 Å². The molecule has 8 heteroatoms. The van der Waals surface area contributed by atoms with Crippen molar-refractivity contribution in [1.82, 2.24) is 10.6 Å². The van der Waals surface area contributed by atoms with Crippen LogP contribution in [0.4, 0.5) is 0 Å². The summed E-state index contributed by atoms with van der Waals surface area (Å²) in [5.41, 5.74) is 0. The Kier molecular flexibility index (Phi) is 15.0. The summed E-state index contributed by atoms with van der Waals surface area (Å²) in [5, 5.41) is 6.75. The van der Waals surface area contributed by atoms with Crippen molar-refractivity contribution in [3.8, 4) is 0 Å². The summed E-state index contributed by atoms with van der Waals surface area (Å²) in [5.74, 6) is 3.59. The third-order valence-electron chi connectivity index (χ3n) is 4.25. The first-order chi connectivity index (χ1) is 12.9. The fraction of sp³-hybridized carbons (Fsp3) is 0.737. The second kappa shape index (κ2) is 16.5. The number of aliphatic imine (C=N–C) groups is 1. The predicted molar refractivity (Wildman–Crippen MR) is 123 cm³/mol. The Morgan fingerprint density at radius 3 is 2.85 bits per heavy atom. The predicted octanol–water partition coefficient (Wildman–Crippen LogP) is 3.17. The maximum Gasteiger partial charge on any atom is 0.191 e. The number of rotatable bonds is 12. The van der Waals surface area contributed by atoms with E-state index in [9.17, 15) is 0 Å². The summed E-state index contributed by atoms with van der Waals surface area (Å²) in [4.78, 5) is 4.65. The summed E-state index contributed by atoms with van der Waals surface area (Å²) in [6.45, 7) is 5.87. The van der Waals surface area contributed by atoms with E-state index < -0.39 is 0 Å². The molecule has 1 aromatic heterocycles. The van der Waals surface area contributed by atoms with Gasteiger partial charge in [-0.1, -0.05) is 0 Å². The average Bonchev–Trinajstić information content (AvgIpc) is 3.18. The molecule has 2 heterocycles. The molecule has 2 N–H and O–H groups in total. The summed E-state index contributed by atoms with van der Waals surface area (Å²) in [6.07, 6.45) is 7.86. The molecule has 27 heavy (non-hydrogen) atoms. The lowest BCUT2D eigenvalue weighted by Crippen LogP contribution is -2.39. The zero-order valence-electron chi connectivity index (χ0n) is 16.3. The quantitative estimate of drug-likeness (QED) is 0.195. The van der Waals surface area contributed by atoms with Crippen LogP contribution in [0.3, 0.4) is 0 Å². The Morgan fingerprint density at radius 2 is 2.11 bits per heavy atom. The summed E-state index contributed by atoms with van der Waals surface area (Å²) < 4.78 is 16.5. The van der Waals surface area contributed by atoms with Gasteiger partial charge in [-0.15, -0.1) is 24.0 Å². The van der Waals surface area contributed by atoms with E-state index in [1.165, 1.54) is 0 Å². The first-order valence-electron chi connectivity index (χ1n) is 9.57. The molecule has 1 aliphatic heterocycles. The van der Waals surface area contributed by atoms with Gasteiger partial charge in [-0.3, -0.25) is 4.99 Å². The van der Waals surface area contributed by atoms with Crippen LogP contribution in [0, 0.1) is 5.92 Å². The van der Waals surface area contributed by atoms with Crippen LogP contribution in [0.2, 0.25) is 0 Å². The molecule has 0 aliphatic carbocycles. The first-order valence-corrected chi connectivity index (χ1v) is 11.0. The SMILES string of the molecule is CSCCNC(=NCCCOCC1CCOCC1)NCCc1ccco1.I. The van der Waals surface area contributed by atoms with Crippen molar-refractivity contribution in [3.63, 3.8) is 0 Å². The fourth-order valence-corrected chi connectivity index (χ4v) is 3.03. The van der Waals surface area contributed by atoms with Gasteiger partial charge in [0.25, 0.3) is 0 Å². The maximum atomic E-state index is 5.80. The van der Waals surface area contributed by atoms with Crippen LogP contribution >= 0.6 is 35.7 Å². The molecular weight excluding hydrogens is 477 g/mol. The second-order valence-electron chi connectivity index (χ2n) is 6.39. The van der Waals surface area contributed by atoms with E-state index in [0.29, 0.717) is 5.92 Å². The van der Waals surface area contributed by atoms with Crippen LogP contribution in [-0.2, 0) is 15.9 Å². The van der Waals surface area contributed by atoms with E-state index in [2.05, 4.69) is 21.9 Å². The molecule has 0 radical (unpaired) electrons. The van der Waals surface area contributed by atoms with Gasteiger partial charge in [0.2, 0.25) is 0 Å². The lowest BCUT2D eigenvalue weighted by molar-refractivity contribution is 0.0205. The lowest BCUT2D eigenvalue weighted by atomic mass is 10.0. The number of hydrogen-bond acceptors (Lipinski definition) is 5. The average molecular weight is 511 g/mol. The number of guanidine groups is 1. The van der Waals surface area contributed by atoms with Gasteiger partial charge in [-0.2, -0.15) is 11.8 Å². The van der Waals surface area contributed by atoms with Gasteiger partial charge in [-0.05, 0) is 43.6 Å². The van der Waals surface area contributed by atoms with Crippen molar-refractivity contribution >= 4 is 41.7 Å². The Hall–Kier alpha value is -0.450. The van der Waals surface area contributed by atoms with E-state index in [0.717, 1.165) is 89.2 Å². The molecule has 0 bridgehead atoms. The molecule has 1 aliphatic rings. The van der Waals surface area contributed by atoms with Crippen LogP contribution in [0.25, 0.3) is 0 Å². The minimum absolute atomic E-state index is 0. The molecule has 1 saturated heterocycles. The smallest absolute Gasteiger partial charge is 0.191 e. The van der Waals surface area contributed by atoms with Crippen molar-refractivity contribution < 1.29 is 13.9 Å². The van der Waals surface area contributed by atoms with E-state index >= 15 is 0 Å². The van der Waals surface area contributed by atoms with Crippen molar-refractivity contribution in [1.29, 1.82) is 0 Å². The number of nitrogens with zero attached hydrogens (tertiary/aromatic N) is 1. The van der Waals surface area contributed by atoms with Crippen LogP contribution < -0.4 is 10.6 Å². The van der Waals surface area contributed by atoms with Crippen LogP contribution in [0.5, 0.6) is 0 Å². The molecule has 0 spiro atoms. The highest BCUT2D eigenvalue weighted by Gasteiger charge is 2.13. The first kappa shape index (κ1) is 24.6. The molecule has 0 unspecified atom stereocenters. The second-order valence-corrected chi connectivity index (χ2v) is 7.38. The molecule has 1 aromatic rings. The Bertz CT molecular complexity index is 483. The molecule has 0 atom stereocenters. The lowest BCUT2D eigenvalue weighted by Gasteiger charge is -2.21. The molecule has 2 rings (SSSR count). The van der Waals surface area contributed by atoms with Crippen LogP contribution in [0.15, 0.2) is 27.8 Å². The molecule has 0 aromatic carbocycles. The van der Waals surface area contributed by atoms with Gasteiger partial charge in [-0.25, -0.2) is 0 Å². The minimum atomic E-state index is 0. The normalized spacial score (nSPS) is 15.4. The van der Waals surface area contributed by atoms with Crippen molar-refractivity contribution in [2.24, 2.45) is 10.9 Å². The van der Waals surface area contributed by atoms with Gasteiger partial charge < -0.3 is 24.5 Å².